The molecule has 0 unspecified atom stereocenters. The molecule has 7 heteroatoms. The van der Waals surface area contributed by atoms with Gasteiger partial charge in [-0.1, -0.05) is 24.3 Å². The highest BCUT2D eigenvalue weighted by Gasteiger charge is 2.13. The van der Waals surface area contributed by atoms with E-state index in [1.807, 2.05) is 6.07 Å². The number of anilines is 1. The van der Waals surface area contributed by atoms with Crippen molar-refractivity contribution in [1.82, 2.24) is 5.43 Å². The van der Waals surface area contributed by atoms with Crippen LogP contribution in [0.4, 0.5) is 5.69 Å². The molecule has 7 nitrogen and oxygen atoms in total. The summed E-state index contributed by atoms with van der Waals surface area (Å²) >= 11 is 0. The number of benzene rings is 3. The van der Waals surface area contributed by atoms with E-state index >= 15 is 0 Å². The first-order valence-corrected chi connectivity index (χ1v) is 8.98. The second-order valence-corrected chi connectivity index (χ2v) is 6.16. The van der Waals surface area contributed by atoms with E-state index in [0.717, 1.165) is 5.56 Å². The third-order valence-electron chi connectivity index (χ3n) is 4.19. The highest BCUT2D eigenvalue weighted by atomic mass is 16.5. The van der Waals surface area contributed by atoms with Crippen LogP contribution in [-0.2, 0) is 0 Å². The molecular weight excluding hydrogens is 380 g/mol. The zero-order chi connectivity index (χ0) is 21.3. The summed E-state index contributed by atoms with van der Waals surface area (Å²) in [6.07, 6.45) is 1.47. The maximum Gasteiger partial charge on any atom is 0.273 e. The average Bonchev–Trinajstić information content (AvgIpc) is 2.79. The molecule has 30 heavy (non-hydrogen) atoms. The summed E-state index contributed by atoms with van der Waals surface area (Å²) in [5.41, 5.74) is 4.79. The van der Waals surface area contributed by atoms with Crippen molar-refractivity contribution < 1.29 is 14.3 Å². The Kier molecular flexibility index (Phi) is 6.54. The zero-order valence-corrected chi connectivity index (χ0v) is 16.1. The molecule has 0 aliphatic carbocycles. The highest BCUT2D eigenvalue weighted by Crippen LogP contribution is 2.17. The summed E-state index contributed by atoms with van der Waals surface area (Å²) in [7, 11) is 1.55. The van der Waals surface area contributed by atoms with E-state index in [4.69, 9.17) is 10.00 Å². The minimum Gasteiger partial charge on any atom is -0.497 e. The average molecular weight is 398 g/mol. The molecule has 148 valence electrons. The van der Waals surface area contributed by atoms with Gasteiger partial charge in [-0.15, -0.1) is 0 Å². The fraction of sp³-hybridized carbons (Fsp3) is 0.0435. The number of para-hydroxylation sites is 1. The fourth-order valence-electron chi connectivity index (χ4n) is 2.60. The Hall–Kier alpha value is -4.44. The number of hydrazone groups is 1. The minimum atomic E-state index is -0.467. The smallest absolute Gasteiger partial charge is 0.273 e. The normalized spacial score (nSPS) is 10.3. The van der Waals surface area contributed by atoms with Crippen molar-refractivity contribution in [2.75, 3.05) is 12.4 Å². The van der Waals surface area contributed by atoms with Crippen LogP contribution in [0.5, 0.6) is 5.75 Å². The lowest BCUT2D eigenvalue weighted by molar-refractivity contribution is 0.0956. The molecule has 0 spiro atoms. The topological polar surface area (TPSA) is 104 Å². The Labute approximate surface area is 173 Å². The largest absolute Gasteiger partial charge is 0.497 e. The Bertz CT molecular complexity index is 1110. The summed E-state index contributed by atoms with van der Waals surface area (Å²) < 4.78 is 5.09. The molecule has 0 aliphatic heterocycles. The van der Waals surface area contributed by atoms with E-state index in [1.165, 1.54) is 6.21 Å². The molecule has 0 heterocycles. The Balaban J connectivity index is 1.68. The quantitative estimate of drug-likeness (QED) is 0.489. The lowest BCUT2D eigenvalue weighted by Crippen LogP contribution is -2.21. The van der Waals surface area contributed by atoms with Gasteiger partial charge >= 0.3 is 0 Å². The van der Waals surface area contributed by atoms with Gasteiger partial charge in [-0.3, -0.25) is 9.59 Å². The van der Waals surface area contributed by atoms with Crippen LogP contribution in [0.15, 0.2) is 77.9 Å². The lowest BCUT2D eigenvalue weighted by atomic mass is 10.1. The fourth-order valence-corrected chi connectivity index (χ4v) is 2.60. The molecule has 0 saturated carbocycles. The molecule has 0 aliphatic rings. The number of carbonyl (C=O) groups excluding carboxylic acids is 2. The predicted molar refractivity (Wildman–Crippen MR) is 114 cm³/mol. The third-order valence-corrected chi connectivity index (χ3v) is 4.19. The Morgan fingerprint density at radius 2 is 1.67 bits per heavy atom. The van der Waals surface area contributed by atoms with Crippen molar-refractivity contribution in [3.63, 3.8) is 0 Å². The van der Waals surface area contributed by atoms with Gasteiger partial charge in [0.15, 0.2) is 0 Å². The van der Waals surface area contributed by atoms with Gasteiger partial charge < -0.3 is 10.1 Å². The van der Waals surface area contributed by atoms with E-state index in [9.17, 15) is 9.59 Å². The van der Waals surface area contributed by atoms with Crippen molar-refractivity contribution in [3.05, 3.63) is 95.1 Å². The number of nitrogens with zero attached hydrogens (tertiary/aromatic N) is 2. The second kappa shape index (κ2) is 9.66. The number of methoxy groups -OCH3 is 1. The third kappa shape index (κ3) is 5.09. The number of hydrogen-bond donors (Lipinski definition) is 2. The van der Waals surface area contributed by atoms with Crippen molar-refractivity contribution in [1.29, 1.82) is 5.26 Å². The number of hydrogen-bond acceptors (Lipinski definition) is 5. The van der Waals surface area contributed by atoms with Gasteiger partial charge in [-0.25, -0.2) is 5.43 Å². The minimum absolute atomic E-state index is 0.274. The molecule has 0 bridgehead atoms. The highest BCUT2D eigenvalue weighted by molar-refractivity contribution is 6.09. The molecule has 0 fully saturated rings. The van der Waals surface area contributed by atoms with Crippen LogP contribution in [0.25, 0.3) is 0 Å². The van der Waals surface area contributed by atoms with Crippen LogP contribution < -0.4 is 15.5 Å². The molecule has 0 aromatic heterocycles. The van der Waals surface area contributed by atoms with Gasteiger partial charge in [0.25, 0.3) is 11.8 Å². The predicted octanol–water partition coefficient (Wildman–Crippen LogP) is 3.58. The maximum atomic E-state index is 12.5. The monoisotopic (exact) mass is 398 g/mol. The van der Waals surface area contributed by atoms with Gasteiger partial charge in [0.1, 0.15) is 5.75 Å². The number of nitriles is 1. The van der Waals surface area contributed by atoms with Gasteiger partial charge in [0, 0.05) is 5.56 Å². The van der Waals surface area contributed by atoms with Crippen molar-refractivity contribution in [2.24, 2.45) is 5.10 Å². The van der Waals surface area contributed by atoms with E-state index in [2.05, 4.69) is 15.8 Å². The van der Waals surface area contributed by atoms with Crippen LogP contribution in [0.3, 0.4) is 0 Å². The van der Waals surface area contributed by atoms with Gasteiger partial charge in [0.2, 0.25) is 0 Å². The summed E-state index contributed by atoms with van der Waals surface area (Å²) in [6, 6.07) is 22.1. The first-order valence-electron chi connectivity index (χ1n) is 8.98. The van der Waals surface area contributed by atoms with E-state index in [0.29, 0.717) is 22.6 Å². The Morgan fingerprint density at radius 1 is 0.967 bits per heavy atom. The molecule has 0 radical (unpaired) electrons. The summed E-state index contributed by atoms with van der Waals surface area (Å²) in [6.45, 7) is 0. The number of carbonyl (C=O) groups is 2. The standard InChI is InChI=1S/C23H18N4O3/c1-30-19-12-10-18(11-13-19)22(28)26-21-5-3-2-4-20(21)23(29)27-25-15-17-8-6-16(14-24)7-9-17/h2-13,15H,1H3,(H,26,28)(H,27,29)/b25-15-. The maximum absolute atomic E-state index is 12.5. The van der Waals surface area contributed by atoms with Crippen LogP contribution >= 0.6 is 0 Å². The zero-order valence-electron chi connectivity index (χ0n) is 16.1. The first-order chi connectivity index (χ1) is 14.6. The van der Waals surface area contributed by atoms with Gasteiger partial charge in [0.05, 0.1) is 36.2 Å². The van der Waals surface area contributed by atoms with E-state index in [-0.39, 0.29) is 11.5 Å². The summed E-state index contributed by atoms with van der Waals surface area (Å²) in [5, 5.41) is 15.5. The van der Waals surface area contributed by atoms with Crippen LogP contribution in [0.1, 0.15) is 31.8 Å². The van der Waals surface area contributed by atoms with Crippen molar-refractivity contribution in [3.8, 4) is 11.8 Å². The van der Waals surface area contributed by atoms with E-state index in [1.54, 1.807) is 79.9 Å². The summed E-state index contributed by atoms with van der Waals surface area (Å²) in [4.78, 5) is 25.0. The lowest BCUT2D eigenvalue weighted by Gasteiger charge is -2.10. The van der Waals surface area contributed by atoms with E-state index < -0.39 is 5.91 Å². The number of rotatable bonds is 6. The molecule has 3 aromatic carbocycles. The van der Waals surface area contributed by atoms with Gasteiger partial charge in [-0.05, 0) is 54.1 Å². The number of nitrogens with one attached hydrogen (secondary N) is 2. The molecule has 0 atom stereocenters. The second-order valence-electron chi connectivity index (χ2n) is 6.16. The molecule has 3 aromatic rings. The number of amides is 2. The molecule has 2 N–H and O–H groups in total. The van der Waals surface area contributed by atoms with Crippen molar-refractivity contribution in [2.45, 2.75) is 0 Å². The SMILES string of the molecule is COc1ccc(C(=O)Nc2ccccc2C(=O)N/N=C\c2ccc(C#N)cc2)cc1. The molecule has 3 rings (SSSR count). The molecular formula is C23H18N4O3. The Morgan fingerprint density at radius 3 is 2.33 bits per heavy atom. The van der Waals surface area contributed by atoms with Crippen LogP contribution in [-0.4, -0.2) is 25.1 Å². The molecule has 2 amide bonds. The van der Waals surface area contributed by atoms with Crippen LogP contribution in [0, 0.1) is 11.3 Å². The van der Waals surface area contributed by atoms with Crippen molar-refractivity contribution >= 4 is 23.7 Å². The molecule has 0 saturated heterocycles. The van der Waals surface area contributed by atoms with Gasteiger partial charge in [-0.2, -0.15) is 10.4 Å². The first kappa shape index (κ1) is 20.3. The summed E-state index contributed by atoms with van der Waals surface area (Å²) in [5.74, 6) is -0.170. The van der Waals surface area contributed by atoms with Crippen LogP contribution in [0.2, 0.25) is 0 Å². The number of ether oxygens (including phenoxy) is 1.